The number of benzene rings is 2. The van der Waals surface area contributed by atoms with Crippen molar-refractivity contribution >= 4 is 27.6 Å². The molecular formula is C27H29N2O+. The summed E-state index contributed by atoms with van der Waals surface area (Å²) in [7, 11) is 2.00. The molecule has 0 N–H and O–H groups in total. The van der Waals surface area contributed by atoms with Gasteiger partial charge in [0.15, 0.2) is 11.4 Å². The molecule has 2 aromatic heterocycles. The summed E-state index contributed by atoms with van der Waals surface area (Å²) in [6.07, 6.45) is -1.50. The van der Waals surface area contributed by atoms with Crippen LogP contribution in [-0.4, -0.2) is 0 Å². The lowest BCUT2D eigenvalue weighted by Crippen LogP contribution is -2.35. The van der Waals surface area contributed by atoms with Crippen LogP contribution in [0.15, 0.2) is 40.8 Å². The van der Waals surface area contributed by atoms with E-state index in [1.54, 1.807) is 0 Å². The van der Waals surface area contributed by atoms with E-state index in [1.165, 1.54) is 0 Å². The van der Waals surface area contributed by atoms with Gasteiger partial charge in [0.2, 0.25) is 5.69 Å². The van der Waals surface area contributed by atoms with Gasteiger partial charge in [0.25, 0.3) is 0 Å². The number of hydrogen-bond donors (Lipinski definition) is 0. The van der Waals surface area contributed by atoms with Gasteiger partial charge in [0, 0.05) is 32.6 Å². The first kappa shape index (κ1) is 17.7. The zero-order valence-corrected chi connectivity index (χ0v) is 18.8. The van der Waals surface area contributed by atoms with Crippen LogP contribution < -0.4 is 4.57 Å². The molecule has 0 unspecified atom stereocenters. The fourth-order valence-corrected chi connectivity index (χ4v) is 4.06. The Morgan fingerprint density at radius 2 is 1.77 bits per heavy atom. The van der Waals surface area contributed by atoms with E-state index in [1.807, 2.05) is 72.0 Å². The van der Waals surface area contributed by atoms with Gasteiger partial charge in [-0.15, -0.1) is 0 Å². The predicted octanol–water partition coefficient (Wildman–Crippen LogP) is 7.14. The van der Waals surface area contributed by atoms with Crippen LogP contribution in [-0.2, 0) is 13.4 Å². The van der Waals surface area contributed by atoms with E-state index in [4.69, 9.17) is 13.7 Å². The Labute approximate surface area is 181 Å². The van der Waals surface area contributed by atoms with Crippen LogP contribution in [0, 0.1) is 32.8 Å². The summed E-state index contributed by atoms with van der Waals surface area (Å²) in [4.78, 5) is 3.65. The van der Waals surface area contributed by atoms with E-state index in [2.05, 4.69) is 22.4 Å². The third-order valence-electron chi connectivity index (χ3n) is 5.61. The lowest BCUT2D eigenvalue weighted by Gasteiger charge is -2.18. The topological polar surface area (TPSA) is 21.4 Å². The van der Waals surface area contributed by atoms with Crippen molar-refractivity contribution in [3.8, 4) is 11.3 Å². The summed E-state index contributed by atoms with van der Waals surface area (Å²) in [5.74, 6) is 0. The highest BCUT2D eigenvalue weighted by molar-refractivity contribution is 6.10. The zero-order valence-electron chi connectivity index (χ0n) is 20.8. The second-order valence-corrected chi connectivity index (χ2v) is 9.19. The van der Waals surface area contributed by atoms with E-state index in [-0.39, 0.29) is 0 Å². The monoisotopic (exact) mass is 399 g/mol. The maximum atomic E-state index is 8.82. The molecule has 4 rings (SSSR count). The van der Waals surface area contributed by atoms with Gasteiger partial charge >= 0.3 is 0 Å². The predicted molar refractivity (Wildman–Crippen MR) is 124 cm³/mol. The number of fused-ring (bicyclic) bond motifs is 3. The molecule has 3 heteroatoms. The Morgan fingerprint density at radius 3 is 2.43 bits per heavy atom. The van der Waals surface area contributed by atoms with Crippen LogP contribution in [0.25, 0.3) is 38.0 Å². The molecule has 0 bridgehead atoms. The normalized spacial score (nSPS) is 13.4. The summed E-state index contributed by atoms with van der Waals surface area (Å²) >= 11 is 0. The number of aromatic nitrogens is 1. The number of hydrogen-bond acceptors (Lipinski definition) is 1. The Hall–Kier alpha value is -3.12. The Kier molecular flexibility index (Phi) is 4.13. The zero-order chi connectivity index (χ0) is 23.6. The molecule has 0 aliphatic carbocycles. The standard InChI is InChI=1S/C27H29N2O/c1-16-9-10-20-21-14-22(28-7)17(2)11-24(21)30-26(20)25(16)23-13-19(15-27(4,5)6)12-18(3)29(23)8/h9-14H,15H2,1-6,8H3/q+1/i15D2. The summed E-state index contributed by atoms with van der Waals surface area (Å²) < 4.78 is 26.1. The second-order valence-electron chi connectivity index (χ2n) is 9.19. The molecule has 0 atom stereocenters. The van der Waals surface area contributed by atoms with Crippen molar-refractivity contribution in [3.05, 3.63) is 70.2 Å². The maximum Gasteiger partial charge on any atom is 0.216 e. The lowest BCUT2D eigenvalue weighted by molar-refractivity contribution is -0.666. The van der Waals surface area contributed by atoms with Crippen molar-refractivity contribution in [3.63, 3.8) is 0 Å². The van der Waals surface area contributed by atoms with Gasteiger partial charge in [-0.25, -0.2) is 4.85 Å². The highest BCUT2D eigenvalue weighted by atomic mass is 16.3. The molecule has 0 amide bonds. The highest BCUT2D eigenvalue weighted by Crippen LogP contribution is 2.39. The number of nitrogens with zero attached hydrogens (tertiary/aromatic N) is 2. The van der Waals surface area contributed by atoms with Crippen LogP contribution >= 0.6 is 0 Å². The number of aryl methyl sites for hydroxylation is 3. The van der Waals surface area contributed by atoms with Crippen molar-refractivity contribution in [2.24, 2.45) is 12.5 Å². The molecule has 2 heterocycles. The average Bonchev–Trinajstić information content (AvgIpc) is 3.05. The molecule has 3 nitrogen and oxygen atoms in total. The number of rotatable bonds is 2. The average molecular weight is 400 g/mol. The largest absolute Gasteiger partial charge is 0.455 e. The maximum absolute atomic E-state index is 8.82. The van der Waals surface area contributed by atoms with Gasteiger partial charge in [-0.2, -0.15) is 4.57 Å². The molecule has 30 heavy (non-hydrogen) atoms. The number of pyridine rings is 1. The molecule has 2 aromatic carbocycles. The van der Waals surface area contributed by atoms with Gasteiger partial charge in [-0.05, 0) is 54.5 Å². The van der Waals surface area contributed by atoms with Crippen LogP contribution in [0.5, 0.6) is 0 Å². The van der Waals surface area contributed by atoms with Gasteiger partial charge in [-0.1, -0.05) is 32.9 Å². The van der Waals surface area contributed by atoms with Crippen molar-refractivity contribution in [2.75, 3.05) is 0 Å². The molecule has 152 valence electrons. The molecule has 0 radical (unpaired) electrons. The Balaban J connectivity index is 2.09. The first-order valence-corrected chi connectivity index (χ1v) is 10.2. The van der Waals surface area contributed by atoms with Gasteiger partial charge in [-0.3, -0.25) is 0 Å². The molecule has 0 fully saturated rings. The van der Waals surface area contributed by atoms with E-state index in [0.29, 0.717) is 11.3 Å². The van der Waals surface area contributed by atoms with Crippen molar-refractivity contribution in [2.45, 2.75) is 47.9 Å². The van der Waals surface area contributed by atoms with E-state index in [9.17, 15) is 0 Å². The minimum absolute atomic E-state index is 0.551. The van der Waals surface area contributed by atoms with Crippen molar-refractivity contribution < 1.29 is 11.7 Å². The van der Waals surface area contributed by atoms with Crippen LogP contribution in [0.1, 0.15) is 45.9 Å². The fraction of sp³-hybridized carbons (Fsp3) is 0.333. The summed E-state index contributed by atoms with van der Waals surface area (Å²) in [6, 6.07) is 11.9. The molecule has 0 aliphatic heterocycles. The third kappa shape index (κ3) is 3.37. The second kappa shape index (κ2) is 6.99. The van der Waals surface area contributed by atoms with Crippen LogP contribution in [0.2, 0.25) is 0 Å². The summed E-state index contributed by atoms with van der Waals surface area (Å²) in [5, 5.41) is 1.89. The van der Waals surface area contributed by atoms with Crippen molar-refractivity contribution in [1.82, 2.24) is 0 Å². The lowest BCUT2D eigenvalue weighted by atomic mass is 9.87. The molecule has 4 aromatic rings. The van der Waals surface area contributed by atoms with Gasteiger partial charge in [0.1, 0.15) is 18.2 Å². The van der Waals surface area contributed by atoms with Crippen molar-refractivity contribution in [1.29, 1.82) is 0 Å². The summed E-state index contributed by atoms with van der Waals surface area (Å²) in [6.45, 7) is 19.2. The quantitative estimate of drug-likeness (QED) is 0.259. The highest BCUT2D eigenvalue weighted by Gasteiger charge is 2.24. The Morgan fingerprint density at radius 1 is 1.03 bits per heavy atom. The fourth-order valence-electron chi connectivity index (χ4n) is 4.06. The molecule has 0 spiro atoms. The third-order valence-corrected chi connectivity index (χ3v) is 5.61. The minimum atomic E-state index is -1.50. The molecule has 0 saturated heterocycles. The van der Waals surface area contributed by atoms with Gasteiger partial charge < -0.3 is 4.42 Å². The molecule has 0 saturated carbocycles. The smallest absolute Gasteiger partial charge is 0.216 e. The van der Waals surface area contributed by atoms with E-state index < -0.39 is 11.8 Å². The molecule has 0 aliphatic rings. The van der Waals surface area contributed by atoms with Gasteiger partial charge in [0.05, 0.1) is 12.1 Å². The Bertz CT molecular complexity index is 1430. The number of furan rings is 1. The van der Waals surface area contributed by atoms with E-state index in [0.717, 1.165) is 50.0 Å². The first-order chi connectivity index (χ1) is 14.9. The first-order valence-electron chi connectivity index (χ1n) is 11.2. The SMILES string of the molecule is [2H]C([2H])(c1cc(C)[n+](C)c(-c2c(C)ccc3c2oc2cc(C)c([N+]#[C-])cc23)c1)C(C)(C)C. The van der Waals surface area contributed by atoms with Crippen LogP contribution in [0.3, 0.4) is 0 Å². The minimum Gasteiger partial charge on any atom is -0.455 e. The molecular weight excluding hydrogens is 368 g/mol. The van der Waals surface area contributed by atoms with Crippen LogP contribution in [0.4, 0.5) is 5.69 Å². The van der Waals surface area contributed by atoms with E-state index >= 15 is 0 Å². The summed E-state index contributed by atoms with van der Waals surface area (Å²) in [5.41, 5.74) is 7.07.